The number of primary sulfonamides is 1. The van der Waals surface area contributed by atoms with Gasteiger partial charge in [0.15, 0.2) is 9.84 Å². The lowest BCUT2D eigenvalue weighted by Crippen LogP contribution is -2.33. The second-order valence-corrected chi connectivity index (χ2v) is 8.44. The summed E-state index contributed by atoms with van der Waals surface area (Å²) in [4.78, 5) is 0. The molecule has 0 fully saturated rings. The molecule has 0 saturated carbocycles. The van der Waals surface area contributed by atoms with Crippen molar-refractivity contribution in [3.63, 3.8) is 0 Å². The molecule has 19 heavy (non-hydrogen) atoms. The molecule has 2 rings (SSSR count). The molecule has 1 aliphatic rings. The first-order chi connectivity index (χ1) is 11.8. The number of nitrogens with one attached hydrogen (secondary N) is 1. The van der Waals surface area contributed by atoms with Crippen LogP contribution in [0.1, 0.15) is 42.7 Å². The number of hydrogen-bond donors (Lipinski definition) is 2. The number of hydrogen-bond acceptors (Lipinski definition) is 6. The molecule has 0 amide bonds. The molecule has 108 valence electrons. The van der Waals surface area contributed by atoms with Crippen LogP contribution in [0.4, 0.5) is 0 Å². The van der Waals surface area contributed by atoms with E-state index in [0.717, 1.165) is 0 Å². The van der Waals surface area contributed by atoms with Gasteiger partial charge in [-0.2, -0.15) is 0 Å². The van der Waals surface area contributed by atoms with E-state index in [1.54, 1.807) is 0 Å². The molecule has 0 aliphatic carbocycles. The fourth-order valence-corrected chi connectivity index (χ4v) is 4.92. The van der Waals surface area contributed by atoms with Crippen LogP contribution in [0.25, 0.3) is 0 Å². The van der Waals surface area contributed by atoms with Gasteiger partial charge in [-0.25, -0.2) is 22.0 Å². The normalized spacial score (nSPS) is 43.3. The monoisotopic (exact) mass is 332 g/mol. The Morgan fingerprint density at radius 1 is 1.79 bits per heavy atom. The molecule has 2 heterocycles. The van der Waals surface area contributed by atoms with Gasteiger partial charge in [0.05, 0.1) is 7.97 Å². The quantitative estimate of drug-likeness (QED) is 0.843. The summed E-state index contributed by atoms with van der Waals surface area (Å²) < 4.78 is 111. The highest BCUT2D eigenvalue weighted by atomic mass is 32.3. The Hall–Kier alpha value is -0.480. The fraction of sp³-hybridized carbons (Fsp3) is 0.600. The Bertz CT molecular complexity index is 1000. The summed E-state index contributed by atoms with van der Waals surface area (Å²) in [5.74, 6) is 0. The van der Waals surface area contributed by atoms with Crippen LogP contribution in [0.2, 0.25) is 0 Å². The summed E-state index contributed by atoms with van der Waals surface area (Å²) in [5, 5.41) is 3.43. The molecule has 6 nitrogen and oxygen atoms in total. The van der Waals surface area contributed by atoms with Crippen molar-refractivity contribution in [3.05, 3.63) is 11.6 Å². The highest BCUT2D eigenvalue weighted by molar-refractivity contribution is 7.95. The number of rotatable bonds is 3. The van der Waals surface area contributed by atoms with Crippen LogP contribution in [0.5, 0.6) is 0 Å². The predicted octanol–water partition coefficient (Wildman–Crippen LogP) is 0.612. The van der Waals surface area contributed by atoms with Crippen molar-refractivity contribution in [2.75, 3.05) is 6.54 Å². The zero-order chi connectivity index (χ0) is 21.4. The average molecular weight is 332 g/mol. The summed E-state index contributed by atoms with van der Waals surface area (Å²) in [6.07, 6.45) is -3.60. The first-order valence-electron chi connectivity index (χ1n) is 8.98. The molecular formula is C10H16N2O4S3. The van der Waals surface area contributed by atoms with Crippen LogP contribution >= 0.6 is 11.3 Å². The van der Waals surface area contributed by atoms with E-state index in [9.17, 15) is 16.8 Å². The summed E-state index contributed by atoms with van der Waals surface area (Å²) in [7, 11) is -9.97. The van der Waals surface area contributed by atoms with Gasteiger partial charge in [-0.1, -0.05) is 6.92 Å². The van der Waals surface area contributed by atoms with Crippen LogP contribution in [0.15, 0.2) is 14.5 Å². The predicted molar refractivity (Wildman–Crippen MR) is 73.4 cm³/mol. The van der Waals surface area contributed by atoms with Gasteiger partial charge in [-0.3, -0.25) is 0 Å². The Kier molecular flexibility index (Phi) is 1.90. The topological polar surface area (TPSA) is 106 Å². The molecule has 0 aromatic carbocycles. The first-order valence-corrected chi connectivity index (χ1v) is 8.83. The summed E-state index contributed by atoms with van der Waals surface area (Å²) in [6.45, 7) is -2.49. The van der Waals surface area contributed by atoms with Crippen molar-refractivity contribution in [1.82, 2.24) is 5.32 Å². The first kappa shape index (κ1) is 7.51. The van der Waals surface area contributed by atoms with Crippen molar-refractivity contribution in [3.8, 4) is 0 Å². The number of thiophene rings is 1. The molecule has 0 bridgehead atoms. The minimum atomic E-state index is -5.35. The minimum Gasteiger partial charge on any atom is -0.310 e. The van der Waals surface area contributed by atoms with Crippen molar-refractivity contribution < 1.29 is 27.8 Å². The maximum atomic E-state index is 13.0. The highest BCUT2D eigenvalue weighted by Crippen LogP contribution is 2.42. The van der Waals surface area contributed by atoms with E-state index in [1.165, 1.54) is 6.92 Å². The summed E-state index contributed by atoms with van der Waals surface area (Å²) >= 11 is -0.0620. The van der Waals surface area contributed by atoms with E-state index in [-0.39, 0.29) is 17.9 Å². The van der Waals surface area contributed by atoms with Gasteiger partial charge < -0.3 is 5.32 Å². The Balaban J connectivity index is 3.17. The van der Waals surface area contributed by atoms with E-state index in [0.29, 0.717) is 0 Å². The lowest BCUT2D eigenvalue weighted by Gasteiger charge is -2.27. The summed E-state index contributed by atoms with van der Waals surface area (Å²) in [6, 6.07) is -3.93. The molecule has 3 N–H and O–H groups in total. The zero-order valence-corrected chi connectivity index (χ0v) is 12.1. The van der Waals surface area contributed by atoms with Gasteiger partial charge in [0.1, 0.15) is 8.42 Å². The molecule has 1 aromatic heterocycles. The fourth-order valence-electron chi connectivity index (χ4n) is 1.44. The van der Waals surface area contributed by atoms with E-state index in [1.807, 2.05) is 0 Å². The van der Waals surface area contributed by atoms with Crippen molar-refractivity contribution in [2.45, 2.75) is 39.8 Å². The molecule has 0 unspecified atom stereocenters. The maximum absolute atomic E-state index is 13.0. The maximum Gasteiger partial charge on any atom is 0.247 e. The van der Waals surface area contributed by atoms with Crippen molar-refractivity contribution >= 4 is 31.2 Å². The largest absolute Gasteiger partial charge is 0.310 e. The molecule has 1 aromatic rings. The van der Waals surface area contributed by atoms with Gasteiger partial charge in [-0.15, -0.1) is 11.3 Å². The third kappa shape index (κ3) is 2.57. The molecule has 2 atom stereocenters. The number of fused-ring (bicyclic) bond motifs is 1. The van der Waals surface area contributed by atoms with Crippen LogP contribution in [0, 0.1) is 0 Å². The van der Waals surface area contributed by atoms with Crippen LogP contribution in [0.3, 0.4) is 0 Å². The van der Waals surface area contributed by atoms with Gasteiger partial charge >= 0.3 is 0 Å². The Morgan fingerprint density at radius 3 is 3.00 bits per heavy atom. The van der Waals surface area contributed by atoms with E-state index < -0.39 is 64.4 Å². The molecule has 0 spiro atoms. The molecule has 9 heteroatoms. The average Bonchev–Trinajstić information content (AvgIpc) is 2.82. The third-order valence-electron chi connectivity index (χ3n) is 2.23. The lowest BCUT2D eigenvalue weighted by atomic mass is 10.1. The zero-order valence-electron chi connectivity index (χ0n) is 17.6. The van der Waals surface area contributed by atoms with Crippen LogP contribution < -0.4 is 10.5 Å². The van der Waals surface area contributed by atoms with Gasteiger partial charge in [0.25, 0.3) is 0 Å². The second kappa shape index (κ2) is 4.81. The second-order valence-electron chi connectivity index (χ2n) is 3.58. The van der Waals surface area contributed by atoms with Gasteiger partial charge in [0.2, 0.25) is 10.0 Å². The molecular weight excluding hydrogens is 308 g/mol. The Morgan fingerprint density at radius 2 is 2.47 bits per heavy atom. The standard InChI is InChI=1S/C10H16N2O4S3/c1-3-12-8-4-6(2)18(13,14)10-7(8)5-9(17-10)19(11,15)16/h5-6,8,12H,3-4H2,1-2H3,(H2,11,15,16)/t6-,8-/m0/s1/i2D3,4D2,5D,6D,8D. The molecule has 0 radical (unpaired) electrons. The van der Waals surface area contributed by atoms with Gasteiger partial charge in [-0.05, 0) is 25.8 Å². The molecule has 1 aliphatic heterocycles. The van der Waals surface area contributed by atoms with Crippen molar-refractivity contribution in [2.24, 2.45) is 5.14 Å². The molecule has 0 saturated heterocycles. The number of sulfone groups is 1. The van der Waals surface area contributed by atoms with Crippen LogP contribution in [-0.4, -0.2) is 28.6 Å². The summed E-state index contributed by atoms with van der Waals surface area (Å²) in [5.41, 5.74) is -0.879. The smallest absolute Gasteiger partial charge is 0.247 e. The SMILES string of the molecule is [2H]c1c(S(N)(=O)=O)sc2c1[C@@]([2H])(NCC)C([2H])([2H])[C@]([2H])(C([2H])([2H])[2H])S2(=O)=O. The number of nitrogens with two attached hydrogens (primary N) is 1. The van der Waals surface area contributed by atoms with E-state index in [2.05, 4.69) is 5.32 Å². The van der Waals surface area contributed by atoms with Gasteiger partial charge in [0, 0.05) is 19.8 Å². The Labute approximate surface area is 128 Å². The lowest BCUT2D eigenvalue weighted by molar-refractivity contribution is 0.477. The van der Waals surface area contributed by atoms with Crippen LogP contribution in [-0.2, 0) is 19.9 Å². The highest BCUT2D eigenvalue weighted by Gasteiger charge is 2.39. The third-order valence-corrected chi connectivity index (χ3v) is 6.71. The van der Waals surface area contributed by atoms with Crippen molar-refractivity contribution in [1.29, 1.82) is 0 Å². The van der Waals surface area contributed by atoms with E-state index >= 15 is 0 Å². The number of sulfonamides is 1. The minimum absolute atomic E-state index is 0.0620. The van der Waals surface area contributed by atoms with E-state index in [4.69, 9.17) is 16.1 Å².